The third-order valence-electron chi connectivity index (χ3n) is 3.36. The molecular formula is C17H21NO3. The third kappa shape index (κ3) is 5.31. The predicted octanol–water partition coefficient (Wildman–Crippen LogP) is 2.11. The maximum atomic E-state index is 12.3. The number of hydrogen-bond donors (Lipinski definition) is 1. The van der Waals surface area contributed by atoms with Gasteiger partial charge in [-0.15, -0.1) is 6.42 Å². The van der Waals surface area contributed by atoms with E-state index < -0.39 is 5.91 Å². The van der Waals surface area contributed by atoms with Gasteiger partial charge in [-0.25, -0.2) is 0 Å². The Morgan fingerprint density at radius 1 is 1.33 bits per heavy atom. The molecule has 21 heavy (non-hydrogen) atoms. The summed E-state index contributed by atoms with van der Waals surface area (Å²) >= 11 is 0. The first-order chi connectivity index (χ1) is 10.1. The minimum Gasteiger partial charge on any atom is -0.455 e. The zero-order valence-corrected chi connectivity index (χ0v) is 12.5. The molecule has 1 aromatic rings. The molecule has 0 spiro atoms. The summed E-state index contributed by atoms with van der Waals surface area (Å²) in [4.78, 5) is 23.7. The van der Waals surface area contributed by atoms with E-state index in [4.69, 9.17) is 11.2 Å². The fraction of sp³-hybridized carbons (Fsp3) is 0.412. The number of hydrogen-bond acceptors (Lipinski definition) is 3. The molecule has 1 rings (SSSR count). The summed E-state index contributed by atoms with van der Waals surface area (Å²) < 4.78 is 5.12. The van der Waals surface area contributed by atoms with E-state index >= 15 is 0 Å². The first-order valence-corrected chi connectivity index (χ1v) is 7.01. The van der Waals surface area contributed by atoms with Crippen LogP contribution in [0.4, 0.5) is 0 Å². The second-order valence-corrected chi connectivity index (χ2v) is 4.86. The van der Waals surface area contributed by atoms with E-state index in [0.717, 1.165) is 12.0 Å². The van der Waals surface area contributed by atoms with Crippen LogP contribution in [0.25, 0.3) is 0 Å². The molecule has 4 heteroatoms. The standard InChI is InChI=1S/C17H21NO3/c1-4-11-18-15(19)12-21-17(20)16(13(3)5-2)14-9-7-6-8-10-14/h1,6-10,13,16H,5,11-12H2,2-3H3,(H,18,19)/t13-,16-/m0/s1. The Bertz CT molecular complexity index is 505. The van der Waals surface area contributed by atoms with Crippen LogP contribution in [0, 0.1) is 18.3 Å². The number of terminal acetylenes is 1. The second kappa shape index (κ2) is 8.80. The number of rotatable bonds is 7. The van der Waals surface area contributed by atoms with Crippen LogP contribution < -0.4 is 5.32 Å². The molecule has 0 aliphatic carbocycles. The molecule has 1 N–H and O–H groups in total. The lowest BCUT2D eigenvalue weighted by Gasteiger charge is -2.21. The van der Waals surface area contributed by atoms with Crippen molar-refractivity contribution in [1.82, 2.24) is 5.32 Å². The van der Waals surface area contributed by atoms with Crippen molar-refractivity contribution in [2.24, 2.45) is 5.92 Å². The third-order valence-corrected chi connectivity index (χ3v) is 3.36. The largest absolute Gasteiger partial charge is 0.455 e. The molecule has 0 heterocycles. The van der Waals surface area contributed by atoms with Crippen molar-refractivity contribution in [3.05, 3.63) is 35.9 Å². The summed E-state index contributed by atoms with van der Waals surface area (Å²) in [6.45, 7) is 3.84. The van der Waals surface area contributed by atoms with Gasteiger partial charge in [0.25, 0.3) is 5.91 Å². The van der Waals surface area contributed by atoms with E-state index in [0.29, 0.717) is 0 Å². The SMILES string of the molecule is C#CCNC(=O)COC(=O)[C@H](c1ccccc1)[C@@H](C)CC. The molecule has 112 valence electrons. The van der Waals surface area contributed by atoms with Crippen LogP contribution in [-0.4, -0.2) is 25.0 Å². The van der Waals surface area contributed by atoms with Crippen molar-refractivity contribution in [3.8, 4) is 12.3 Å². The number of carbonyl (C=O) groups excluding carboxylic acids is 2. The highest BCUT2D eigenvalue weighted by molar-refractivity contribution is 5.83. The molecule has 0 saturated carbocycles. The first kappa shape index (κ1) is 16.8. The summed E-state index contributed by atoms with van der Waals surface area (Å²) in [5.41, 5.74) is 0.904. The van der Waals surface area contributed by atoms with Gasteiger partial charge in [-0.1, -0.05) is 56.5 Å². The summed E-state index contributed by atoms with van der Waals surface area (Å²) in [7, 11) is 0. The summed E-state index contributed by atoms with van der Waals surface area (Å²) in [6.07, 6.45) is 5.89. The van der Waals surface area contributed by atoms with Gasteiger partial charge in [0.15, 0.2) is 6.61 Å². The Labute approximate surface area is 125 Å². The maximum absolute atomic E-state index is 12.3. The van der Waals surface area contributed by atoms with E-state index in [1.165, 1.54) is 0 Å². The summed E-state index contributed by atoms with van der Waals surface area (Å²) in [5.74, 6) is 1.28. The Balaban J connectivity index is 2.70. The minimum atomic E-state index is -0.391. The fourth-order valence-electron chi connectivity index (χ4n) is 2.02. The van der Waals surface area contributed by atoms with Gasteiger partial charge in [0.1, 0.15) is 0 Å². The van der Waals surface area contributed by atoms with Gasteiger partial charge in [0.05, 0.1) is 12.5 Å². The number of nitrogens with one attached hydrogen (secondary N) is 1. The normalized spacial score (nSPS) is 12.8. The number of carbonyl (C=O) groups is 2. The molecule has 0 aliphatic rings. The van der Waals surface area contributed by atoms with Crippen LogP contribution in [0.5, 0.6) is 0 Å². The highest BCUT2D eigenvalue weighted by atomic mass is 16.5. The number of esters is 1. The fourth-order valence-corrected chi connectivity index (χ4v) is 2.02. The minimum absolute atomic E-state index is 0.129. The molecule has 1 aromatic carbocycles. The van der Waals surface area contributed by atoms with Crippen molar-refractivity contribution < 1.29 is 14.3 Å². The van der Waals surface area contributed by atoms with E-state index in [1.807, 2.05) is 44.2 Å². The Hall–Kier alpha value is -2.28. The summed E-state index contributed by atoms with van der Waals surface area (Å²) in [6, 6.07) is 9.47. The molecule has 1 amide bonds. The maximum Gasteiger partial charge on any atom is 0.314 e. The van der Waals surface area contributed by atoms with Crippen LogP contribution in [-0.2, 0) is 14.3 Å². The van der Waals surface area contributed by atoms with Gasteiger partial charge >= 0.3 is 5.97 Å². The molecule has 0 fully saturated rings. The highest BCUT2D eigenvalue weighted by Crippen LogP contribution is 2.28. The van der Waals surface area contributed by atoms with Crippen molar-refractivity contribution in [2.75, 3.05) is 13.2 Å². The van der Waals surface area contributed by atoms with Gasteiger partial charge < -0.3 is 10.1 Å². The number of amides is 1. The number of benzene rings is 1. The van der Waals surface area contributed by atoms with Crippen molar-refractivity contribution in [3.63, 3.8) is 0 Å². The molecule has 0 unspecified atom stereocenters. The molecule has 0 saturated heterocycles. The molecule has 0 radical (unpaired) electrons. The Morgan fingerprint density at radius 3 is 2.57 bits per heavy atom. The molecule has 2 atom stereocenters. The van der Waals surface area contributed by atoms with Gasteiger partial charge in [-0.2, -0.15) is 0 Å². The molecule has 0 bridgehead atoms. The zero-order chi connectivity index (χ0) is 15.7. The van der Waals surface area contributed by atoms with E-state index in [9.17, 15) is 9.59 Å². The Morgan fingerprint density at radius 2 is 2.00 bits per heavy atom. The monoisotopic (exact) mass is 287 g/mol. The average molecular weight is 287 g/mol. The summed E-state index contributed by atoms with van der Waals surface area (Å²) in [5, 5.41) is 2.46. The lowest BCUT2D eigenvalue weighted by Crippen LogP contribution is -2.31. The molecule has 0 aromatic heterocycles. The van der Waals surface area contributed by atoms with Crippen LogP contribution >= 0.6 is 0 Å². The lowest BCUT2D eigenvalue weighted by atomic mass is 9.86. The topological polar surface area (TPSA) is 55.4 Å². The quantitative estimate of drug-likeness (QED) is 0.617. The average Bonchev–Trinajstić information content (AvgIpc) is 2.51. The van der Waals surface area contributed by atoms with Crippen LogP contribution in [0.2, 0.25) is 0 Å². The highest BCUT2D eigenvalue weighted by Gasteiger charge is 2.27. The van der Waals surface area contributed by atoms with Gasteiger partial charge in [-0.05, 0) is 11.5 Å². The van der Waals surface area contributed by atoms with Crippen LogP contribution in [0.1, 0.15) is 31.7 Å². The van der Waals surface area contributed by atoms with Crippen molar-refractivity contribution >= 4 is 11.9 Å². The van der Waals surface area contributed by atoms with E-state index in [-0.39, 0.29) is 31.0 Å². The van der Waals surface area contributed by atoms with Crippen LogP contribution in [0.3, 0.4) is 0 Å². The van der Waals surface area contributed by atoms with Crippen molar-refractivity contribution in [1.29, 1.82) is 0 Å². The van der Waals surface area contributed by atoms with Gasteiger partial charge in [0.2, 0.25) is 0 Å². The lowest BCUT2D eigenvalue weighted by molar-refractivity contribution is -0.151. The molecule has 0 aliphatic heterocycles. The van der Waals surface area contributed by atoms with Gasteiger partial charge in [-0.3, -0.25) is 9.59 Å². The first-order valence-electron chi connectivity index (χ1n) is 7.01. The Kier molecular flexibility index (Phi) is 7.03. The van der Waals surface area contributed by atoms with Crippen LogP contribution in [0.15, 0.2) is 30.3 Å². The second-order valence-electron chi connectivity index (χ2n) is 4.86. The van der Waals surface area contributed by atoms with Gasteiger partial charge in [0, 0.05) is 0 Å². The molecule has 4 nitrogen and oxygen atoms in total. The van der Waals surface area contributed by atoms with E-state index in [2.05, 4.69) is 11.2 Å². The molecular weight excluding hydrogens is 266 g/mol. The zero-order valence-electron chi connectivity index (χ0n) is 12.5. The predicted molar refractivity (Wildman–Crippen MR) is 81.4 cm³/mol. The smallest absolute Gasteiger partial charge is 0.314 e. The van der Waals surface area contributed by atoms with Crippen molar-refractivity contribution in [2.45, 2.75) is 26.2 Å². The van der Waals surface area contributed by atoms with E-state index in [1.54, 1.807) is 0 Å². The number of ether oxygens (including phenoxy) is 1.